The summed E-state index contributed by atoms with van der Waals surface area (Å²) in [6.07, 6.45) is 0. The van der Waals surface area contributed by atoms with Gasteiger partial charge in [0.2, 0.25) is 0 Å². The van der Waals surface area contributed by atoms with Gasteiger partial charge in [-0.3, -0.25) is 0 Å². The van der Waals surface area contributed by atoms with Gasteiger partial charge in [-0.2, -0.15) is 0 Å². The lowest BCUT2D eigenvalue weighted by Crippen LogP contribution is -2.17. The first-order chi connectivity index (χ1) is 44.5. The van der Waals surface area contributed by atoms with Crippen LogP contribution in [0.15, 0.2) is 309 Å². The molecule has 5 nitrogen and oxygen atoms in total. The quantitative estimate of drug-likeness (QED) is 0.109. The Balaban J connectivity index is 0.865. The zero-order valence-electron chi connectivity index (χ0n) is 51.8. The van der Waals surface area contributed by atoms with Crippen molar-refractivity contribution in [1.82, 2.24) is 24.9 Å². The van der Waals surface area contributed by atoms with Gasteiger partial charge in [-0.05, 0) is 191 Å². The van der Waals surface area contributed by atoms with E-state index in [1.165, 1.54) is 0 Å². The predicted octanol–water partition coefficient (Wildman–Crippen LogP) is 22.8. The number of benzene rings is 12. The van der Waals surface area contributed by atoms with Gasteiger partial charge in [0.15, 0.2) is 11.6 Å². The number of aromatic nitrogens is 5. The molecule has 0 N–H and O–H groups in total. The molecular weight excluding hydrogens is 1100 g/mol. The molecule has 2 aromatic heterocycles. The fourth-order valence-electron chi connectivity index (χ4n) is 11.9. The van der Waals surface area contributed by atoms with Gasteiger partial charge in [0.05, 0.1) is 11.4 Å². The first-order valence-corrected chi connectivity index (χ1v) is 31.3. The molecule has 0 aliphatic carbocycles. The van der Waals surface area contributed by atoms with Crippen molar-refractivity contribution >= 4 is 0 Å². The van der Waals surface area contributed by atoms with Crippen molar-refractivity contribution in [1.29, 1.82) is 0 Å². The number of nitrogens with zero attached hydrogens (tertiary/aromatic N) is 5. The maximum atomic E-state index is 5.42. The molecule has 14 rings (SSSR count). The second-order valence-corrected chi connectivity index (χ2v) is 24.8. The highest BCUT2D eigenvalue weighted by Crippen LogP contribution is 2.41. The van der Waals surface area contributed by atoms with Gasteiger partial charge in [0.25, 0.3) is 0 Å². The van der Waals surface area contributed by atoms with Gasteiger partial charge >= 0.3 is 0 Å². The average Bonchev–Trinajstić information content (AvgIpc) is 1.02. The fourth-order valence-corrected chi connectivity index (χ4v) is 11.9. The first kappa shape index (κ1) is 57.5. The Morgan fingerprint density at radius 1 is 0.209 bits per heavy atom. The van der Waals surface area contributed by atoms with Crippen LogP contribution in [0.4, 0.5) is 0 Å². The Hall–Kier alpha value is -11.3. The minimum atomic E-state index is -0.339. The molecule has 5 heteroatoms. The Bertz CT molecular complexity index is 4790. The summed E-state index contributed by atoms with van der Waals surface area (Å²) in [5, 5.41) is 0. The van der Waals surface area contributed by atoms with Gasteiger partial charge in [0, 0.05) is 33.6 Å². The van der Waals surface area contributed by atoms with Crippen molar-refractivity contribution in [2.24, 2.45) is 0 Å². The molecule has 0 bridgehead atoms. The molecule has 0 unspecified atom stereocenters. The summed E-state index contributed by atoms with van der Waals surface area (Å²) in [4.78, 5) is 26.6. The summed E-state index contributed by atoms with van der Waals surface area (Å²) >= 11 is 0. The summed E-state index contributed by atoms with van der Waals surface area (Å²) in [5.41, 5.74) is 25.2. The van der Waals surface area contributed by atoms with Crippen molar-refractivity contribution in [3.8, 4) is 145 Å². The molecule has 14 aromatic rings. The van der Waals surface area contributed by atoms with Crippen LogP contribution in [0.25, 0.3) is 145 Å². The van der Waals surface area contributed by atoms with Gasteiger partial charge in [-0.25, -0.2) is 24.9 Å². The zero-order valence-corrected chi connectivity index (χ0v) is 51.8. The van der Waals surface area contributed by atoms with Crippen LogP contribution < -0.4 is 0 Å². The standard InChI is InChI=1S/C86H67N5/c1-57(2)82-89-83(78-52-71(61-32-18-9-19-33-61)45-72(53-78)62-34-20-10-21-35-62)91-84(90-82)79-54-73(63-36-22-11-23-37-63)47-75(55-79)67-41-25-39-65(43-67)64-38-24-40-66(42-64)74-46-70(60-30-16-8-17-31-60)50-77(51-74)81-56-80(87-85(88-81)86(3,4)5)76-48-68(58-26-12-6-13-27-58)44-69(49-76)59-28-14-7-15-29-59/h6-57H,1-5H3. The maximum absolute atomic E-state index is 5.42. The monoisotopic (exact) mass is 1170 g/mol. The summed E-state index contributed by atoms with van der Waals surface area (Å²) in [6, 6.07) is 111. The van der Waals surface area contributed by atoms with Crippen molar-refractivity contribution in [2.75, 3.05) is 0 Å². The van der Waals surface area contributed by atoms with E-state index in [9.17, 15) is 0 Å². The predicted molar refractivity (Wildman–Crippen MR) is 379 cm³/mol. The molecule has 0 saturated carbocycles. The van der Waals surface area contributed by atoms with Gasteiger partial charge in [0.1, 0.15) is 11.6 Å². The molecule has 0 amide bonds. The van der Waals surface area contributed by atoms with Crippen LogP contribution in [-0.4, -0.2) is 24.9 Å². The highest BCUT2D eigenvalue weighted by molar-refractivity contribution is 5.87. The molecule has 0 aliphatic rings. The lowest BCUT2D eigenvalue weighted by Gasteiger charge is -2.20. The summed E-state index contributed by atoms with van der Waals surface area (Å²) in [7, 11) is 0. The van der Waals surface area contributed by atoms with Gasteiger partial charge in [-0.1, -0.05) is 253 Å². The lowest BCUT2D eigenvalue weighted by atomic mass is 9.91. The van der Waals surface area contributed by atoms with E-state index in [1.807, 2.05) is 0 Å². The third-order valence-electron chi connectivity index (χ3n) is 16.8. The van der Waals surface area contributed by atoms with E-state index >= 15 is 0 Å². The number of rotatable bonds is 14. The zero-order chi connectivity index (χ0) is 61.8. The molecule has 0 fully saturated rings. The topological polar surface area (TPSA) is 64.5 Å². The SMILES string of the molecule is CC(C)c1nc(-c2cc(-c3ccccc3)cc(-c3ccccc3)c2)nc(-c2cc(-c3ccccc3)cc(-c3cccc(-c4cccc(-c5cc(-c6ccccc6)cc(-c6cc(-c7cc(-c8ccccc8)cc(-c8ccccc8)c7)nc(C(C)(C)C)n6)c5)c4)c3)c2)n1. The van der Waals surface area contributed by atoms with E-state index < -0.39 is 0 Å². The smallest absolute Gasteiger partial charge is 0.163 e. The van der Waals surface area contributed by atoms with Crippen molar-refractivity contribution in [3.05, 3.63) is 321 Å². The molecule has 2 heterocycles. The highest BCUT2D eigenvalue weighted by Gasteiger charge is 2.23. The molecule has 0 spiro atoms. The molecule has 0 aliphatic heterocycles. The largest absolute Gasteiger partial charge is 0.232 e. The summed E-state index contributed by atoms with van der Waals surface area (Å²) in [6.45, 7) is 10.9. The van der Waals surface area contributed by atoms with Crippen LogP contribution in [0, 0.1) is 0 Å². The van der Waals surface area contributed by atoms with Crippen molar-refractivity contribution in [2.45, 2.75) is 46.0 Å². The Kier molecular flexibility index (Phi) is 15.8. The molecule has 0 saturated heterocycles. The third-order valence-corrected chi connectivity index (χ3v) is 16.8. The molecule has 0 radical (unpaired) electrons. The van der Waals surface area contributed by atoms with Crippen LogP contribution in [0.2, 0.25) is 0 Å². The van der Waals surface area contributed by atoms with Crippen molar-refractivity contribution < 1.29 is 0 Å². The van der Waals surface area contributed by atoms with E-state index in [1.54, 1.807) is 0 Å². The second-order valence-electron chi connectivity index (χ2n) is 24.8. The van der Waals surface area contributed by atoms with Crippen LogP contribution in [0.5, 0.6) is 0 Å². The molecule has 436 valence electrons. The molecule has 12 aromatic carbocycles. The van der Waals surface area contributed by atoms with Gasteiger partial charge < -0.3 is 0 Å². The van der Waals surface area contributed by atoms with Crippen LogP contribution in [0.3, 0.4) is 0 Å². The van der Waals surface area contributed by atoms with Crippen LogP contribution >= 0.6 is 0 Å². The minimum absolute atomic E-state index is 0.0486. The lowest BCUT2D eigenvalue weighted by molar-refractivity contribution is 0.547. The number of hydrogen-bond acceptors (Lipinski definition) is 5. The Morgan fingerprint density at radius 2 is 0.429 bits per heavy atom. The van der Waals surface area contributed by atoms with E-state index in [0.29, 0.717) is 11.6 Å². The van der Waals surface area contributed by atoms with E-state index in [2.05, 4.69) is 344 Å². The first-order valence-electron chi connectivity index (χ1n) is 31.3. The Morgan fingerprint density at radius 3 is 0.692 bits per heavy atom. The summed E-state index contributed by atoms with van der Waals surface area (Å²) < 4.78 is 0. The van der Waals surface area contributed by atoms with E-state index in [-0.39, 0.29) is 11.3 Å². The summed E-state index contributed by atoms with van der Waals surface area (Å²) in [5.74, 6) is 2.83. The normalized spacial score (nSPS) is 11.5. The van der Waals surface area contributed by atoms with Crippen LogP contribution in [0.1, 0.15) is 52.2 Å². The number of hydrogen-bond donors (Lipinski definition) is 0. The minimum Gasteiger partial charge on any atom is -0.232 e. The molecule has 0 atom stereocenters. The highest BCUT2D eigenvalue weighted by atomic mass is 15.0. The van der Waals surface area contributed by atoms with Gasteiger partial charge in [-0.15, -0.1) is 0 Å². The van der Waals surface area contributed by atoms with E-state index in [0.717, 1.165) is 145 Å². The second kappa shape index (κ2) is 25.1. The van der Waals surface area contributed by atoms with Crippen LogP contribution in [-0.2, 0) is 5.41 Å². The Labute approximate surface area is 534 Å². The molecular formula is C86H67N5. The van der Waals surface area contributed by atoms with E-state index in [4.69, 9.17) is 24.9 Å². The maximum Gasteiger partial charge on any atom is 0.163 e. The fraction of sp³-hybridized carbons (Fsp3) is 0.0814. The molecule has 91 heavy (non-hydrogen) atoms. The van der Waals surface area contributed by atoms with Crippen molar-refractivity contribution in [3.63, 3.8) is 0 Å². The third kappa shape index (κ3) is 12.7. The average molecular weight is 1170 g/mol.